The number of nitrogens with zero attached hydrogens (tertiary/aromatic N) is 1. The first kappa shape index (κ1) is 16.7. The summed E-state index contributed by atoms with van der Waals surface area (Å²) >= 11 is 0. The van der Waals surface area contributed by atoms with Gasteiger partial charge in [0.05, 0.1) is 0 Å². The minimum absolute atomic E-state index is 0.186. The molecule has 1 aromatic carbocycles. The molecule has 112 valence electrons. The summed E-state index contributed by atoms with van der Waals surface area (Å²) in [5, 5.41) is 0. The van der Waals surface area contributed by atoms with E-state index in [4.69, 9.17) is 4.74 Å². The number of rotatable bonds is 8. The fourth-order valence-electron chi connectivity index (χ4n) is 2.36. The molecular weight excluding hydrogens is 250 g/mol. The lowest BCUT2D eigenvalue weighted by molar-refractivity contribution is 0.0988. The van der Waals surface area contributed by atoms with Gasteiger partial charge in [-0.3, -0.25) is 4.79 Å². The molecule has 0 spiro atoms. The molecule has 3 heteroatoms. The van der Waals surface area contributed by atoms with Crippen molar-refractivity contribution >= 4 is 5.78 Å². The number of hydrogen-bond donors (Lipinski definition) is 0. The fourth-order valence-corrected chi connectivity index (χ4v) is 2.36. The van der Waals surface area contributed by atoms with Gasteiger partial charge in [-0.1, -0.05) is 20.8 Å². The second-order valence-corrected chi connectivity index (χ2v) is 5.09. The van der Waals surface area contributed by atoms with Gasteiger partial charge in [0.15, 0.2) is 5.78 Å². The standard InChI is InChI=1S/C17H27NO2/c1-6-16(19)15-11-13(4)17(14(5)12-15)20-10-9-18(7-2)8-3/h11-12H,6-10H2,1-5H3. The molecule has 20 heavy (non-hydrogen) atoms. The summed E-state index contributed by atoms with van der Waals surface area (Å²) in [6, 6.07) is 3.87. The molecule has 0 saturated heterocycles. The van der Waals surface area contributed by atoms with E-state index in [0.717, 1.165) is 42.1 Å². The van der Waals surface area contributed by atoms with Crippen LogP contribution in [0.5, 0.6) is 5.75 Å². The van der Waals surface area contributed by atoms with Gasteiger partial charge in [0.1, 0.15) is 12.4 Å². The van der Waals surface area contributed by atoms with Crippen LogP contribution in [0.15, 0.2) is 12.1 Å². The molecule has 0 aromatic heterocycles. The zero-order chi connectivity index (χ0) is 15.1. The highest BCUT2D eigenvalue weighted by molar-refractivity contribution is 5.96. The summed E-state index contributed by atoms with van der Waals surface area (Å²) in [5.74, 6) is 1.11. The van der Waals surface area contributed by atoms with E-state index in [-0.39, 0.29) is 5.78 Å². The van der Waals surface area contributed by atoms with Gasteiger partial charge in [0, 0.05) is 18.5 Å². The molecule has 3 nitrogen and oxygen atoms in total. The third kappa shape index (κ3) is 4.34. The van der Waals surface area contributed by atoms with E-state index in [1.54, 1.807) is 0 Å². The summed E-state index contributed by atoms with van der Waals surface area (Å²) in [7, 11) is 0. The topological polar surface area (TPSA) is 29.5 Å². The van der Waals surface area contributed by atoms with Crippen LogP contribution in [0.25, 0.3) is 0 Å². The summed E-state index contributed by atoms with van der Waals surface area (Å²) in [4.78, 5) is 14.1. The molecule has 0 aliphatic carbocycles. The smallest absolute Gasteiger partial charge is 0.162 e. The summed E-state index contributed by atoms with van der Waals surface area (Å²) in [6.45, 7) is 13.9. The number of carbonyl (C=O) groups excluding carboxylic acids is 1. The Bertz CT molecular complexity index is 427. The molecule has 0 bridgehead atoms. The van der Waals surface area contributed by atoms with Gasteiger partial charge >= 0.3 is 0 Å². The maximum Gasteiger partial charge on any atom is 0.162 e. The van der Waals surface area contributed by atoms with Crippen LogP contribution in [0.2, 0.25) is 0 Å². The van der Waals surface area contributed by atoms with Gasteiger partial charge < -0.3 is 9.64 Å². The van der Waals surface area contributed by atoms with Gasteiger partial charge in [-0.05, 0) is 50.2 Å². The Morgan fingerprint density at radius 1 is 1.10 bits per heavy atom. The van der Waals surface area contributed by atoms with Gasteiger partial charge in [0.25, 0.3) is 0 Å². The van der Waals surface area contributed by atoms with E-state index in [0.29, 0.717) is 13.0 Å². The van der Waals surface area contributed by atoms with Crippen molar-refractivity contribution in [3.63, 3.8) is 0 Å². The largest absolute Gasteiger partial charge is 0.492 e. The maximum atomic E-state index is 11.8. The van der Waals surface area contributed by atoms with Crippen molar-refractivity contribution in [2.75, 3.05) is 26.2 Å². The lowest BCUT2D eigenvalue weighted by atomic mass is 10.0. The summed E-state index contributed by atoms with van der Waals surface area (Å²) in [6.07, 6.45) is 0.543. The molecule has 0 atom stereocenters. The third-order valence-electron chi connectivity index (χ3n) is 3.65. The van der Waals surface area contributed by atoms with E-state index in [2.05, 4.69) is 18.7 Å². The maximum absolute atomic E-state index is 11.8. The van der Waals surface area contributed by atoms with Crippen LogP contribution in [0.4, 0.5) is 0 Å². The quantitative estimate of drug-likeness (QED) is 0.680. The van der Waals surface area contributed by atoms with Crippen molar-refractivity contribution in [2.45, 2.75) is 41.0 Å². The Labute approximate surface area is 122 Å². The molecule has 1 rings (SSSR count). The minimum Gasteiger partial charge on any atom is -0.492 e. The second kappa shape index (κ2) is 8.05. The lowest BCUT2D eigenvalue weighted by Gasteiger charge is -2.19. The van der Waals surface area contributed by atoms with E-state index in [1.165, 1.54) is 0 Å². The number of aryl methyl sites for hydroxylation is 2. The highest BCUT2D eigenvalue weighted by Gasteiger charge is 2.10. The van der Waals surface area contributed by atoms with Crippen LogP contribution in [-0.4, -0.2) is 36.9 Å². The van der Waals surface area contributed by atoms with Crippen LogP contribution in [0.3, 0.4) is 0 Å². The van der Waals surface area contributed by atoms with Crippen molar-refractivity contribution in [3.8, 4) is 5.75 Å². The highest BCUT2D eigenvalue weighted by atomic mass is 16.5. The Kier molecular flexibility index (Phi) is 6.73. The number of carbonyl (C=O) groups is 1. The van der Waals surface area contributed by atoms with Crippen LogP contribution in [0.1, 0.15) is 48.7 Å². The summed E-state index contributed by atoms with van der Waals surface area (Å²) < 4.78 is 5.92. The van der Waals surface area contributed by atoms with Crippen molar-refractivity contribution in [1.82, 2.24) is 4.90 Å². The molecule has 0 amide bonds. The van der Waals surface area contributed by atoms with Gasteiger partial charge in [-0.2, -0.15) is 0 Å². The molecule has 0 fully saturated rings. The van der Waals surface area contributed by atoms with Crippen molar-refractivity contribution < 1.29 is 9.53 Å². The first-order chi connectivity index (χ1) is 9.53. The first-order valence-electron chi connectivity index (χ1n) is 7.53. The number of hydrogen-bond acceptors (Lipinski definition) is 3. The van der Waals surface area contributed by atoms with Crippen molar-refractivity contribution in [1.29, 1.82) is 0 Å². The zero-order valence-corrected chi connectivity index (χ0v) is 13.5. The van der Waals surface area contributed by atoms with Crippen molar-refractivity contribution in [2.24, 2.45) is 0 Å². The average Bonchev–Trinajstić information content (AvgIpc) is 2.44. The van der Waals surface area contributed by atoms with Crippen LogP contribution >= 0.6 is 0 Å². The second-order valence-electron chi connectivity index (χ2n) is 5.09. The Hall–Kier alpha value is -1.35. The van der Waals surface area contributed by atoms with Gasteiger partial charge in [-0.25, -0.2) is 0 Å². The minimum atomic E-state index is 0.186. The summed E-state index contributed by atoms with van der Waals surface area (Å²) in [5.41, 5.74) is 2.88. The van der Waals surface area contributed by atoms with Crippen LogP contribution < -0.4 is 4.74 Å². The predicted octanol–water partition coefficient (Wildman–Crippen LogP) is 3.62. The predicted molar refractivity (Wildman–Crippen MR) is 83.8 cm³/mol. The highest BCUT2D eigenvalue weighted by Crippen LogP contribution is 2.25. The molecule has 0 unspecified atom stereocenters. The van der Waals surface area contributed by atoms with E-state index >= 15 is 0 Å². The van der Waals surface area contributed by atoms with E-state index in [9.17, 15) is 4.79 Å². The SMILES string of the molecule is CCC(=O)c1cc(C)c(OCCN(CC)CC)c(C)c1. The number of benzene rings is 1. The normalized spacial score (nSPS) is 10.9. The molecular formula is C17H27NO2. The van der Waals surface area contributed by atoms with Gasteiger partial charge in [0.2, 0.25) is 0 Å². The van der Waals surface area contributed by atoms with Crippen LogP contribution in [0, 0.1) is 13.8 Å². The Balaban J connectivity index is 2.74. The molecule has 0 saturated carbocycles. The molecule has 0 aliphatic rings. The Morgan fingerprint density at radius 3 is 2.10 bits per heavy atom. The zero-order valence-electron chi connectivity index (χ0n) is 13.5. The number of likely N-dealkylation sites (N-methyl/N-ethyl adjacent to an activating group) is 1. The van der Waals surface area contributed by atoms with E-state index < -0.39 is 0 Å². The first-order valence-corrected chi connectivity index (χ1v) is 7.53. The third-order valence-corrected chi connectivity index (χ3v) is 3.65. The molecule has 0 N–H and O–H groups in total. The monoisotopic (exact) mass is 277 g/mol. The molecule has 0 aliphatic heterocycles. The van der Waals surface area contributed by atoms with Gasteiger partial charge in [-0.15, -0.1) is 0 Å². The Morgan fingerprint density at radius 2 is 1.65 bits per heavy atom. The van der Waals surface area contributed by atoms with Crippen molar-refractivity contribution in [3.05, 3.63) is 28.8 Å². The number of Topliss-reactive ketones (excluding diaryl/α,β-unsaturated/α-hetero) is 1. The number of ether oxygens (including phenoxy) is 1. The number of ketones is 1. The molecule has 0 radical (unpaired) electrons. The average molecular weight is 277 g/mol. The van der Waals surface area contributed by atoms with E-state index in [1.807, 2.05) is 32.9 Å². The molecule has 0 heterocycles. The fraction of sp³-hybridized carbons (Fsp3) is 0.588. The lowest BCUT2D eigenvalue weighted by Crippen LogP contribution is -2.28. The van der Waals surface area contributed by atoms with Crippen LogP contribution in [-0.2, 0) is 0 Å². The molecule has 1 aromatic rings.